The number of alkyl halides is 3. The number of nitrogens with two attached hydrogens (primary N) is 1. The first-order valence-corrected chi connectivity index (χ1v) is 7.81. The van der Waals surface area contributed by atoms with Gasteiger partial charge in [0.1, 0.15) is 23.7 Å². The molecule has 0 saturated carbocycles. The fourth-order valence-corrected chi connectivity index (χ4v) is 2.96. The van der Waals surface area contributed by atoms with Gasteiger partial charge in [0, 0.05) is 11.6 Å². The summed E-state index contributed by atoms with van der Waals surface area (Å²) in [5.41, 5.74) is 5.77. The molecule has 25 heavy (non-hydrogen) atoms. The molecule has 3 heterocycles. The van der Waals surface area contributed by atoms with Crippen molar-refractivity contribution in [3.05, 3.63) is 41.5 Å². The van der Waals surface area contributed by atoms with E-state index in [1.54, 1.807) is 13.0 Å². The topological polar surface area (TPSA) is 102 Å². The van der Waals surface area contributed by atoms with Crippen molar-refractivity contribution < 1.29 is 17.6 Å². The summed E-state index contributed by atoms with van der Waals surface area (Å²) in [6.07, 6.45) is -1.10. The Balaban J connectivity index is 1.86. The molecule has 0 amide bonds. The van der Waals surface area contributed by atoms with Gasteiger partial charge in [-0.15, -0.1) is 0 Å². The van der Waals surface area contributed by atoms with Crippen LogP contribution in [0.2, 0.25) is 0 Å². The molecule has 1 unspecified atom stereocenters. The normalized spacial score (nSPS) is 12.9. The number of thioether (sulfide) groups is 1. The van der Waals surface area contributed by atoms with E-state index >= 15 is 0 Å². The number of hydrogen-bond donors (Lipinski definition) is 1. The highest BCUT2D eigenvalue weighted by molar-refractivity contribution is 7.99. The summed E-state index contributed by atoms with van der Waals surface area (Å²) in [4.78, 5) is 11.7. The largest absolute Gasteiger partial charge is 0.461 e. The van der Waals surface area contributed by atoms with Gasteiger partial charge in [-0.2, -0.15) is 18.4 Å². The molecule has 3 rings (SSSR count). The van der Waals surface area contributed by atoms with Gasteiger partial charge in [0.2, 0.25) is 0 Å². The molecule has 3 aromatic rings. The van der Waals surface area contributed by atoms with Crippen molar-refractivity contribution in [2.75, 3.05) is 5.73 Å². The number of fused-ring (bicyclic) bond motifs is 1. The van der Waals surface area contributed by atoms with E-state index in [9.17, 15) is 13.2 Å². The van der Waals surface area contributed by atoms with E-state index in [4.69, 9.17) is 15.4 Å². The lowest BCUT2D eigenvalue weighted by Crippen LogP contribution is -2.11. The van der Waals surface area contributed by atoms with Crippen molar-refractivity contribution in [1.29, 1.82) is 5.26 Å². The summed E-state index contributed by atoms with van der Waals surface area (Å²) in [7, 11) is 0. The molecule has 10 heteroatoms. The molecule has 6 nitrogen and oxygen atoms in total. The quantitative estimate of drug-likeness (QED) is 0.554. The number of aromatic nitrogens is 3. The Morgan fingerprint density at radius 2 is 2.08 bits per heavy atom. The van der Waals surface area contributed by atoms with Gasteiger partial charge >= 0.3 is 6.18 Å². The second kappa shape index (κ2) is 6.25. The van der Waals surface area contributed by atoms with Gasteiger partial charge < -0.3 is 10.2 Å². The van der Waals surface area contributed by atoms with Crippen molar-refractivity contribution in [1.82, 2.24) is 15.0 Å². The van der Waals surface area contributed by atoms with Crippen molar-refractivity contribution in [3.63, 3.8) is 0 Å². The zero-order chi connectivity index (χ0) is 18.2. The number of nitrogens with zero attached hydrogens (tertiary/aromatic N) is 4. The Morgan fingerprint density at radius 1 is 1.32 bits per heavy atom. The molecule has 0 spiro atoms. The van der Waals surface area contributed by atoms with Gasteiger partial charge in [-0.3, -0.25) is 4.98 Å². The average Bonchev–Trinajstić information content (AvgIpc) is 2.95. The first kappa shape index (κ1) is 17.0. The summed E-state index contributed by atoms with van der Waals surface area (Å²) in [5.74, 6) is -0.623. The van der Waals surface area contributed by atoms with E-state index in [-0.39, 0.29) is 10.4 Å². The molecule has 3 aromatic heterocycles. The van der Waals surface area contributed by atoms with E-state index < -0.39 is 17.6 Å². The minimum atomic E-state index is -4.60. The van der Waals surface area contributed by atoms with Crippen LogP contribution in [-0.2, 0) is 6.18 Å². The number of halogens is 3. The fraction of sp³-hybridized carbons (Fsp3) is 0.200. The van der Waals surface area contributed by atoms with Crippen LogP contribution in [0.15, 0.2) is 34.3 Å². The summed E-state index contributed by atoms with van der Waals surface area (Å²) in [5, 5.41) is 9.50. The molecule has 1 atom stereocenters. The predicted molar refractivity (Wildman–Crippen MR) is 84.4 cm³/mol. The number of nitriles is 1. The molecule has 0 radical (unpaired) electrons. The molecule has 0 bridgehead atoms. The minimum absolute atomic E-state index is 0.104. The van der Waals surface area contributed by atoms with Gasteiger partial charge in [0.25, 0.3) is 0 Å². The molecule has 0 aromatic carbocycles. The molecular formula is C15H10F3N5OS. The predicted octanol–water partition coefficient (Wildman–Crippen LogP) is 3.94. The van der Waals surface area contributed by atoms with E-state index in [0.717, 1.165) is 11.8 Å². The second-order valence-electron chi connectivity index (χ2n) is 5.08. The highest BCUT2D eigenvalue weighted by Gasteiger charge is 2.34. The van der Waals surface area contributed by atoms with Crippen LogP contribution in [0, 0.1) is 11.3 Å². The number of nitrogen functional groups attached to an aromatic ring is 1. The molecular weight excluding hydrogens is 355 g/mol. The number of furan rings is 1. The van der Waals surface area contributed by atoms with E-state index in [2.05, 4.69) is 15.0 Å². The molecule has 2 N–H and O–H groups in total. The molecule has 128 valence electrons. The number of hydrogen-bond acceptors (Lipinski definition) is 7. The molecule has 0 aliphatic rings. The third-order valence-corrected chi connectivity index (χ3v) is 4.41. The smallest absolute Gasteiger partial charge is 0.421 e. The van der Waals surface area contributed by atoms with Gasteiger partial charge in [0.05, 0.1) is 22.7 Å². The highest BCUT2D eigenvalue weighted by Crippen LogP contribution is 2.36. The summed E-state index contributed by atoms with van der Waals surface area (Å²) in [6, 6.07) is 3.71. The lowest BCUT2D eigenvalue weighted by molar-refractivity contribution is -0.137. The SMILES string of the molecule is CC(Sc1ncc(C(F)(F)F)c(N)n1)c1cc2c(C#N)coc2cn1. The third kappa shape index (κ3) is 3.36. The maximum atomic E-state index is 12.7. The fourth-order valence-electron chi connectivity index (χ4n) is 2.13. The third-order valence-electron chi connectivity index (χ3n) is 3.40. The Kier molecular flexibility index (Phi) is 4.26. The van der Waals surface area contributed by atoms with Crippen LogP contribution in [0.1, 0.15) is 29.0 Å². The van der Waals surface area contributed by atoms with E-state index in [1.165, 1.54) is 12.5 Å². The summed E-state index contributed by atoms with van der Waals surface area (Å²) >= 11 is 1.11. The Bertz CT molecular complexity index is 979. The maximum Gasteiger partial charge on any atom is 0.421 e. The number of anilines is 1. The summed E-state index contributed by atoms with van der Waals surface area (Å²) in [6.45, 7) is 1.79. The van der Waals surface area contributed by atoms with Crippen LogP contribution in [-0.4, -0.2) is 15.0 Å². The van der Waals surface area contributed by atoms with Crippen LogP contribution >= 0.6 is 11.8 Å². The first-order chi connectivity index (χ1) is 11.8. The van der Waals surface area contributed by atoms with Crippen LogP contribution in [0.5, 0.6) is 0 Å². The molecule has 0 saturated heterocycles. The zero-order valence-corrected chi connectivity index (χ0v) is 13.5. The van der Waals surface area contributed by atoms with Gasteiger partial charge in [-0.1, -0.05) is 11.8 Å². The standard InChI is InChI=1S/C15H10F3N5OS/c1-7(11-2-9-8(3-19)6-24-12(9)5-21-11)25-14-22-4-10(13(20)23-14)15(16,17)18/h2,4-7H,1H3,(H2,20,22,23). The van der Waals surface area contributed by atoms with Crippen molar-refractivity contribution in [2.24, 2.45) is 0 Å². The van der Waals surface area contributed by atoms with Crippen LogP contribution < -0.4 is 5.73 Å². The Hall–Kier alpha value is -2.80. The number of rotatable bonds is 3. The molecule has 0 aliphatic heterocycles. The minimum Gasteiger partial charge on any atom is -0.461 e. The van der Waals surface area contributed by atoms with Crippen molar-refractivity contribution in [2.45, 2.75) is 23.5 Å². The van der Waals surface area contributed by atoms with Crippen LogP contribution in [0.3, 0.4) is 0 Å². The van der Waals surface area contributed by atoms with E-state index in [1.807, 2.05) is 6.07 Å². The highest BCUT2D eigenvalue weighted by atomic mass is 32.2. The Labute approximate surface area is 143 Å². The lowest BCUT2D eigenvalue weighted by Gasteiger charge is -2.12. The molecule has 0 aliphatic carbocycles. The van der Waals surface area contributed by atoms with E-state index in [0.29, 0.717) is 28.4 Å². The van der Waals surface area contributed by atoms with Crippen molar-refractivity contribution in [3.8, 4) is 6.07 Å². The molecule has 0 fully saturated rings. The Morgan fingerprint density at radius 3 is 2.72 bits per heavy atom. The number of pyridine rings is 1. The first-order valence-electron chi connectivity index (χ1n) is 6.93. The van der Waals surface area contributed by atoms with Crippen molar-refractivity contribution >= 4 is 28.5 Å². The van der Waals surface area contributed by atoms with Gasteiger partial charge in [-0.05, 0) is 13.0 Å². The lowest BCUT2D eigenvalue weighted by atomic mass is 10.2. The van der Waals surface area contributed by atoms with Gasteiger partial charge in [-0.25, -0.2) is 9.97 Å². The maximum absolute atomic E-state index is 12.7. The monoisotopic (exact) mass is 365 g/mol. The van der Waals surface area contributed by atoms with Crippen LogP contribution in [0.25, 0.3) is 11.0 Å². The van der Waals surface area contributed by atoms with Crippen LogP contribution in [0.4, 0.5) is 19.0 Å². The summed E-state index contributed by atoms with van der Waals surface area (Å²) < 4.78 is 43.3. The van der Waals surface area contributed by atoms with Gasteiger partial charge in [0.15, 0.2) is 10.7 Å². The average molecular weight is 365 g/mol. The zero-order valence-electron chi connectivity index (χ0n) is 12.7. The second-order valence-corrected chi connectivity index (χ2v) is 6.38.